The van der Waals surface area contributed by atoms with E-state index in [0.717, 1.165) is 33.3 Å². The number of fused-ring (bicyclic) bond motifs is 1. The van der Waals surface area contributed by atoms with Crippen molar-refractivity contribution in [2.24, 2.45) is 7.05 Å². The third-order valence-corrected chi connectivity index (χ3v) is 7.20. The van der Waals surface area contributed by atoms with Gasteiger partial charge in [0, 0.05) is 50.1 Å². The Balaban J connectivity index is 1.60. The highest BCUT2D eigenvalue weighted by molar-refractivity contribution is 5.84. The first kappa shape index (κ1) is 23.9. The average Bonchev–Trinajstić information content (AvgIpc) is 3.44. The molecule has 1 unspecified atom stereocenters. The number of benzene rings is 2. The largest absolute Gasteiger partial charge is 0.337 e. The zero-order valence-corrected chi connectivity index (χ0v) is 20.5. The number of likely N-dealkylation sites (tertiary alicyclic amines) is 1. The molecule has 8 heteroatoms. The molecule has 1 aliphatic heterocycles. The highest BCUT2D eigenvalue weighted by Crippen LogP contribution is 2.42. The van der Waals surface area contributed by atoms with Crippen molar-refractivity contribution in [2.45, 2.75) is 38.0 Å². The van der Waals surface area contributed by atoms with Crippen LogP contribution in [0.3, 0.4) is 0 Å². The van der Waals surface area contributed by atoms with E-state index in [1.807, 2.05) is 37.3 Å². The van der Waals surface area contributed by atoms with Gasteiger partial charge in [0.2, 0.25) is 5.56 Å². The van der Waals surface area contributed by atoms with E-state index in [-0.39, 0.29) is 18.6 Å². The number of pyridine rings is 1. The van der Waals surface area contributed by atoms with Crippen molar-refractivity contribution in [3.63, 3.8) is 0 Å². The minimum atomic E-state index is -3.40. The van der Waals surface area contributed by atoms with Crippen LogP contribution < -0.4 is 5.56 Å². The lowest BCUT2D eigenvalue weighted by molar-refractivity contribution is -0.153. The Morgan fingerprint density at radius 1 is 1.14 bits per heavy atom. The maximum Gasteiger partial charge on any atom is 0.322 e. The molecule has 2 aromatic carbocycles. The lowest BCUT2D eigenvalue weighted by Gasteiger charge is -2.32. The van der Waals surface area contributed by atoms with Crippen molar-refractivity contribution in [2.75, 3.05) is 13.1 Å². The molecule has 0 aliphatic carbocycles. The number of carbonyl (C=O) groups excluding carboxylic acids is 1. The lowest BCUT2D eigenvalue weighted by Crippen LogP contribution is -2.43. The summed E-state index contributed by atoms with van der Waals surface area (Å²) in [6, 6.07) is 17.3. The molecule has 1 fully saturated rings. The first-order chi connectivity index (χ1) is 17.1. The number of halogens is 2. The fraction of sp³-hybridized carbons (Fsp3) is 0.321. The average molecular weight is 491 g/mol. The molecule has 1 atom stereocenters. The Bertz CT molecular complexity index is 1500. The summed E-state index contributed by atoms with van der Waals surface area (Å²) in [6.07, 6.45) is 4.73. The second-order valence-electron chi connectivity index (χ2n) is 9.93. The van der Waals surface area contributed by atoms with Crippen molar-refractivity contribution in [3.05, 3.63) is 94.0 Å². The Kier molecular flexibility index (Phi) is 5.77. The molecule has 1 amide bonds. The normalized spacial score (nSPS) is 18.2. The van der Waals surface area contributed by atoms with E-state index in [2.05, 4.69) is 17.2 Å². The molecule has 36 heavy (non-hydrogen) atoms. The van der Waals surface area contributed by atoms with E-state index in [1.54, 1.807) is 30.2 Å². The molecule has 1 aliphatic rings. The van der Waals surface area contributed by atoms with Crippen LogP contribution in [-0.4, -0.2) is 44.2 Å². The van der Waals surface area contributed by atoms with Gasteiger partial charge in [-0.05, 0) is 54.7 Å². The molecule has 5 rings (SSSR count). The number of aromatic nitrogens is 3. The molecule has 0 spiro atoms. The highest BCUT2D eigenvalue weighted by Gasteiger charge is 2.47. The van der Waals surface area contributed by atoms with Crippen molar-refractivity contribution in [3.8, 4) is 5.69 Å². The van der Waals surface area contributed by atoms with Crippen LogP contribution in [0.2, 0.25) is 0 Å². The fourth-order valence-electron chi connectivity index (χ4n) is 5.43. The van der Waals surface area contributed by atoms with Crippen LogP contribution in [0.1, 0.15) is 30.0 Å². The molecular weight excluding hydrogens is 462 g/mol. The highest BCUT2D eigenvalue weighted by atomic mass is 19.3. The molecule has 6 nitrogen and oxygen atoms in total. The molecule has 0 bridgehead atoms. The zero-order valence-electron chi connectivity index (χ0n) is 20.5. The molecule has 0 N–H and O–H groups in total. The Morgan fingerprint density at radius 2 is 1.89 bits per heavy atom. The van der Waals surface area contributed by atoms with Gasteiger partial charge in [-0.3, -0.25) is 9.59 Å². The number of carbonyl (C=O) groups is 1. The van der Waals surface area contributed by atoms with E-state index in [9.17, 15) is 18.4 Å². The molecule has 3 heterocycles. The van der Waals surface area contributed by atoms with Gasteiger partial charge >= 0.3 is 5.92 Å². The second-order valence-corrected chi connectivity index (χ2v) is 9.93. The summed E-state index contributed by atoms with van der Waals surface area (Å²) in [6.45, 7) is 3.19. The predicted octanol–water partition coefficient (Wildman–Crippen LogP) is 4.40. The Morgan fingerprint density at radius 3 is 2.58 bits per heavy atom. The SMILES string of the molecule is Cc1cc2c(cnn2-c2ccc(=O)n(C)c2)cc1C1(Cc2ccccc2)CCN(C(=O)C(C)(F)F)C1. The second kappa shape index (κ2) is 8.69. The fourth-order valence-corrected chi connectivity index (χ4v) is 5.43. The molecule has 0 saturated carbocycles. The standard InChI is InChI=1S/C28H28F2N4O2/c1-19-13-24-21(16-31-34(24)22-9-10-25(35)32(3)17-22)14-23(19)28(15-20-7-5-4-6-8-20)11-12-33(18-28)26(36)27(2,29)30/h4-10,13-14,16-17H,11-12,15,18H2,1-3H3. The number of nitrogens with zero attached hydrogens (tertiary/aromatic N) is 4. The quantitative estimate of drug-likeness (QED) is 0.417. The molecule has 4 aromatic rings. The van der Waals surface area contributed by atoms with Gasteiger partial charge in [0.25, 0.3) is 5.91 Å². The summed E-state index contributed by atoms with van der Waals surface area (Å²) in [5.41, 5.74) is 4.18. The summed E-state index contributed by atoms with van der Waals surface area (Å²) < 4.78 is 31.2. The van der Waals surface area contributed by atoms with Crippen LogP contribution in [0.4, 0.5) is 8.78 Å². The monoisotopic (exact) mass is 490 g/mol. The van der Waals surface area contributed by atoms with Gasteiger partial charge < -0.3 is 9.47 Å². The first-order valence-electron chi connectivity index (χ1n) is 11.9. The number of hydrogen-bond donors (Lipinski definition) is 0. The van der Waals surface area contributed by atoms with Gasteiger partial charge in [-0.15, -0.1) is 0 Å². The van der Waals surface area contributed by atoms with Gasteiger partial charge in [0.1, 0.15) is 0 Å². The minimum Gasteiger partial charge on any atom is -0.337 e. The number of rotatable bonds is 5. The van der Waals surface area contributed by atoms with Gasteiger partial charge in [0.05, 0.1) is 17.4 Å². The summed E-state index contributed by atoms with van der Waals surface area (Å²) in [7, 11) is 1.70. The minimum absolute atomic E-state index is 0.102. The van der Waals surface area contributed by atoms with Crippen LogP contribution in [0.15, 0.2) is 71.8 Å². The van der Waals surface area contributed by atoms with E-state index in [4.69, 9.17) is 0 Å². The Labute approximate surface area is 207 Å². The topological polar surface area (TPSA) is 60.1 Å². The van der Waals surface area contributed by atoms with Crippen molar-refractivity contribution in [1.29, 1.82) is 0 Å². The third kappa shape index (κ3) is 4.21. The van der Waals surface area contributed by atoms with Crippen LogP contribution >= 0.6 is 0 Å². The van der Waals surface area contributed by atoms with Gasteiger partial charge in [-0.25, -0.2) is 4.68 Å². The van der Waals surface area contributed by atoms with Crippen molar-refractivity contribution in [1.82, 2.24) is 19.2 Å². The lowest BCUT2D eigenvalue weighted by atomic mass is 9.73. The van der Waals surface area contributed by atoms with E-state index < -0.39 is 17.2 Å². The predicted molar refractivity (Wildman–Crippen MR) is 135 cm³/mol. The summed E-state index contributed by atoms with van der Waals surface area (Å²) in [5.74, 6) is -4.53. The molecular formula is C28H28F2N4O2. The van der Waals surface area contributed by atoms with Gasteiger partial charge in [-0.2, -0.15) is 13.9 Å². The van der Waals surface area contributed by atoms with Crippen LogP contribution in [0.25, 0.3) is 16.6 Å². The Hall–Kier alpha value is -3.81. The van der Waals surface area contributed by atoms with Crippen LogP contribution in [0.5, 0.6) is 0 Å². The summed E-state index contributed by atoms with van der Waals surface area (Å²) >= 11 is 0. The number of hydrogen-bond acceptors (Lipinski definition) is 3. The molecule has 2 aromatic heterocycles. The van der Waals surface area contributed by atoms with Crippen molar-refractivity contribution < 1.29 is 13.6 Å². The maximum absolute atomic E-state index is 13.9. The van der Waals surface area contributed by atoms with Crippen LogP contribution in [0, 0.1) is 6.92 Å². The van der Waals surface area contributed by atoms with E-state index in [1.165, 1.54) is 15.5 Å². The van der Waals surface area contributed by atoms with Crippen LogP contribution in [-0.2, 0) is 23.7 Å². The van der Waals surface area contributed by atoms with Gasteiger partial charge in [-0.1, -0.05) is 30.3 Å². The first-order valence-corrected chi connectivity index (χ1v) is 11.9. The van der Waals surface area contributed by atoms with Gasteiger partial charge in [0.15, 0.2) is 0 Å². The molecule has 1 saturated heterocycles. The summed E-state index contributed by atoms with van der Waals surface area (Å²) in [5, 5.41) is 5.47. The van der Waals surface area contributed by atoms with E-state index >= 15 is 0 Å². The maximum atomic E-state index is 13.9. The summed E-state index contributed by atoms with van der Waals surface area (Å²) in [4.78, 5) is 25.6. The number of amides is 1. The number of aryl methyl sites for hydroxylation is 2. The third-order valence-electron chi connectivity index (χ3n) is 7.20. The van der Waals surface area contributed by atoms with Crippen molar-refractivity contribution >= 4 is 16.8 Å². The smallest absolute Gasteiger partial charge is 0.322 e. The molecule has 186 valence electrons. The zero-order chi connectivity index (χ0) is 25.7. The number of alkyl halides is 2. The molecule has 0 radical (unpaired) electrons. The van der Waals surface area contributed by atoms with E-state index in [0.29, 0.717) is 19.8 Å².